The van der Waals surface area contributed by atoms with E-state index in [9.17, 15) is 4.79 Å². The number of aromatic nitrogens is 1. The molecule has 0 aliphatic carbocycles. The molecule has 22 heavy (non-hydrogen) atoms. The van der Waals surface area contributed by atoms with Gasteiger partial charge in [0.15, 0.2) is 12.2 Å². The summed E-state index contributed by atoms with van der Waals surface area (Å²) in [4.78, 5) is 16.0. The molecule has 4 heteroatoms. The molecular formula is C18H14ClNO2. The molecule has 1 aromatic heterocycles. The number of nitrogens with zero attached hydrogens (tertiary/aromatic N) is 1. The van der Waals surface area contributed by atoms with E-state index in [2.05, 4.69) is 4.98 Å². The van der Waals surface area contributed by atoms with Gasteiger partial charge in [0.05, 0.1) is 11.2 Å². The van der Waals surface area contributed by atoms with E-state index in [0.717, 1.165) is 16.7 Å². The van der Waals surface area contributed by atoms with Crippen molar-refractivity contribution in [2.45, 2.75) is 12.8 Å². The summed E-state index contributed by atoms with van der Waals surface area (Å²) in [6, 6.07) is 15.3. The molecule has 3 aromatic rings. The van der Waals surface area contributed by atoms with Crippen molar-refractivity contribution in [3.63, 3.8) is 0 Å². The monoisotopic (exact) mass is 311 g/mol. The summed E-state index contributed by atoms with van der Waals surface area (Å²) >= 11 is 6.27. The van der Waals surface area contributed by atoms with E-state index in [4.69, 9.17) is 16.0 Å². The van der Waals surface area contributed by atoms with Crippen LogP contribution in [-0.4, -0.2) is 10.8 Å². The number of hydrogen-bond donors (Lipinski definition) is 0. The minimum atomic E-state index is 0.162. The Balaban J connectivity index is 1.71. The smallest absolute Gasteiger partial charge is 0.181 e. The van der Waals surface area contributed by atoms with E-state index >= 15 is 0 Å². The Kier molecular flexibility index (Phi) is 4.35. The van der Waals surface area contributed by atoms with Crippen LogP contribution in [-0.2, 0) is 17.6 Å². The van der Waals surface area contributed by atoms with Crippen molar-refractivity contribution in [3.05, 3.63) is 77.3 Å². The van der Waals surface area contributed by atoms with Gasteiger partial charge in [0.25, 0.3) is 0 Å². The third kappa shape index (κ3) is 3.43. The molecule has 0 atom stereocenters. The van der Waals surface area contributed by atoms with E-state index in [1.54, 1.807) is 6.20 Å². The molecule has 0 spiro atoms. The molecule has 3 nitrogen and oxygen atoms in total. The average Bonchev–Trinajstić information content (AvgIpc) is 3.02. The summed E-state index contributed by atoms with van der Waals surface area (Å²) in [7, 11) is 0. The zero-order chi connectivity index (χ0) is 15.4. The second-order valence-corrected chi connectivity index (χ2v) is 5.46. The number of carbonyl (C=O) groups is 1. The number of hydrogen-bond acceptors (Lipinski definition) is 3. The normalized spacial score (nSPS) is 10.6. The summed E-state index contributed by atoms with van der Waals surface area (Å²) in [6.45, 7) is 0. The predicted octanol–water partition coefficient (Wildman–Crippen LogP) is 4.35. The fourth-order valence-electron chi connectivity index (χ4n) is 2.33. The number of carbonyl (C=O) groups excluding carboxylic acids is 1. The van der Waals surface area contributed by atoms with Crippen LogP contribution in [0.5, 0.6) is 0 Å². The summed E-state index contributed by atoms with van der Waals surface area (Å²) in [5, 5.41) is 0.557. The predicted molar refractivity (Wildman–Crippen MR) is 85.8 cm³/mol. The lowest BCUT2D eigenvalue weighted by molar-refractivity contribution is -0.117. The molecule has 110 valence electrons. The quantitative estimate of drug-likeness (QED) is 0.703. The van der Waals surface area contributed by atoms with Crippen molar-refractivity contribution in [1.82, 2.24) is 4.98 Å². The highest BCUT2D eigenvalue weighted by atomic mass is 35.5. The first-order chi connectivity index (χ1) is 10.7. The lowest BCUT2D eigenvalue weighted by atomic mass is 10.0. The molecule has 0 aliphatic rings. The van der Waals surface area contributed by atoms with Crippen LogP contribution in [0.2, 0.25) is 5.02 Å². The first-order valence-corrected chi connectivity index (χ1v) is 7.33. The zero-order valence-electron chi connectivity index (χ0n) is 11.8. The lowest BCUT2D eigenvalue weighted by Crippen LogP contribution is -2.06. The van der Waals surface area contributed by atoms with Gasteiger partial charge in [0.2, 0.25) is 0 Å². The molecule has 2 aromatic carbocycles. The van der Waals surface area contributed by atoms with Gasteiger partial charge in [-0.15, -0.1) is 0 Å². The number of halogens is 1. The molecule has 0 fully saturated rings. The molecule has 0 bridgehead atoms. The molecular weight excluding hydrogens is 298 g/mol. The Morgan fingerprint density at radius 3 is 2.50 bits per heavy atom. The van der Waals surface area contributed by atoms with Crippen LogP contribution in [0.15, 0.2) is 65.5 Å². The first-order valence-electron chi connectivity index (χ1n) is 6.95. The maximum atomic E-state index is 12.1. The average molecular weight is 312 g/mol. The standard InChI is InChI=1S/C18H14ClNO2/c19-17-10-14(6-7-16(17)18-11-20-12-22-18)9-15(21)8-13-4-2-1-3-5-13/h1-7,10-12H,8-9H2. The second-order valence-electron chi connectivity index (χ2n) is 5.06. The van der Waals surface area contributed by atoms with Crippen molar-refractivity contribution in [2.24, 2.45) is 0 Å². The summed E-state index contributed by atoms with van der Waals surface area (Å²) < 4.78 is 5.24. The number of benzene rings is 2. The van der Waals surface area contributed by atoms with Crippen LogP contribution in [0.25, 0.3) is 11.3 Å². The van der Waals surface area contributed by atoms with Crippen LogP contribution in [0.3, 0.4) is 0 Å². The van der Waals surface area contributed by atoms with Crippen molar-refractivity contribution in [3.8, 4) is 11.3 Å². The Morgan fingerprint density at radius 2 is 1.82 bits per heavy atom. The van der Waals surface area contributed by atoms with Crippen molar-refractivity contribution >= 4 is 17.4 Å². The lowest BCUT2D eigenvalue weighted by Gasteiger charge is -2.05. The molecule has 0 unspecified atom stereocenters. The Hall–Kier alpha value is -2.39. The number of Topliss-reactive ketones (excluding diaryl/α,β-unsaturated/α-hetero) is 1. The molecule has 0 aliphatic heterocycles. The number of rotatable bonds is 5. The van der Waals surface area contributed by atoms with Crippen LogP contribution in [0.4, 0.5) is 0 Å². The highest BCUT2D eigenvalue weighted by Gasteiger charge is 2.10. The van der Waals surface area contributed by atoms with E-state index in [-0.39, 0.29) is 5.78 Å². The highest BCUT2D eigenvalue weighted by Crippen LogP contribution is 2.28. The molecule has 3 rings (SSSR count). The molecule has 0 radical (unpaired) electrons. The van der Waals surface area contributed by atoms with Gasteiger partial charge in [-0.1, -0.05) is 48.0 Å². The van der Waals surface area contributed by atoms with Crippen LogP contribution >= 0.6 is 11.6 Å². The van der Waals surface area contributed by atoms with Gasteiger partial charge in [-0.25, -0.2) is 4.98 Å². The van der Waals surface area contributed by atoms with Gasteiger partial charge < -0.3 is 4.42 Å². The molecule has 0 N–H and O–H groups in total. The number of oxazole rings is 1. The fraction of sp³-hybridized carbons (Fsp3) is 0.111. The van der Waals surface area contributed by atoms with E-state index in [0.29, 0.717) is 23.6 Å². The Labute approximate surface area is 133 Å². The zero-order valence-corrected chi connectivity index (χ0v) is 12.6. The van der Waals surface area contributed by atoms with Gasteiger partial charge >= 0.3 is 0 Å². The Bertz CT molecular complexity index is 767. The maximum Gasteiger partial charge on any atom is 0.181 e. The SMILES string of the molecule is O=C(Cc1ccccc1)Cc1ccc(-c2cnco2)c(Cl)c1. The summed E-state index contributed by atoms with van der Waals surface area (Å²) in [5.41, 5.74) is 2.70. The third-order valence-corrected chi connectivity index (χ3v) is 3.69. The van der Waals surface area contributed by atoms with Crippen LogP contribution in [0.1, 0.15) is 11.1 Å². The third-order valence-electron chi connectivity index (χ3n) is 3.38. The summed E-state index contributed by atoms with van der Waals surface area (Å²) in [6.07, 6.45) is 3.78. The summed E-state index contributed by atoms with van der Waals surface area (Å²) in [5.74, 6) is 0.779. The fourth-order valence-corrected chi connectivity index (χ4v) is 2.63. The molecule has 0 amide bonds. The van der Waals surface area contributed by atoms with Gasteiger partial charge in [0, 0.05) is 18.4 Å². The molecule has 1 heterocycles. The first kappa shape index (κ1) is 14.5. The van der Waals surface area contributed by atoms with Crippen molar-refractivity contribution in [2.75, 3.05) is 0 Å². The topological polar surface area (TPSA) is 43.1 Å². The molecule has 0 saturated heterocycles. The minimum Gasteiger partial charge on any atom is -0.443 e. The van der Waals surface area contributed by atoms with Gasteiger partial charge in [-0.05, 0) is 23.3 Å². The minimum absolute atomic E-state index is 0.162. The van der Waals surface area contributed by atoms with Gasteiger partial charge in [-0.3, -0.25) is 4.79 Å². The highest BCUT2D eigenvalue weighted by molar-refractivity contribution is 6.33. The largest absolute Gasteiger partial charge is 0.443 e. The van der Waals surface area contributed by atoms with Crippen LogP contribution in [0, 0.1) is 0 Å². The number of ketones is 1. The second kappa shape index (κ2) is 6.58. The van der Waals surface area contributed by atoms with Crippen molar-refractivity contribution in [1.29, 1.82) is 0 Å². The van der Waals surface area contributed by atoms with Gasteiger partial charge in [0.1, 0.15) is 5.78 Å². The van der Waals surface area contributed by atoms with E-state index < -0.39 is 0 Å². The van der Waals surface area contributed by atoms with Gasteiger partial charge in [-0.2, -0.15) is 0 Å². The van der Waals surface area contributed by atoms with E-state index in [1.807, 2.05) is 48.5 Å². The Morgan fingerprint density at radius 1 is 1.05 bits per heavy atom. The van der Waals surface area contributed by atoms with E-state index in [1.165, 1.54) is 6.39 Å². The van der Waals surface area contributed by atoms with Crippen LogP contribution < -0.4 is 0 Å². The van der Waals surface area contributed by atoms with Crippen molar-refractivity contribution < 1.29 is 9.21 Å². The molecule has 0 saturated carbocycles. The maximum absolute atomic E-state index is 12.1.